The highest BCUT2D eigenvalue weighted by molar-refractivity contribution is 5.16. The second kappa shape index (κ2) is 9.42. The third kappa shape index (κ3) is 4.68. The summed E-state index contributed by atoms with van der Waals surface area (Å²) < 4.78 is 5.75. The molecule has 3 aliphatic carbocycles. The second-order valence-corrected chi connectivity index (χ2v) is 10.9. The summed E-state index contributed by atoms with van der Waals surface area (Å²) in [4.78, 5) is 0. The highest BCUT2D eigenvalue weighted by Crippen LogP contribution is 2.64. The Morgan fingerprint density at radius 1 is 1.10 bits per heavy atom. The molecule has 0 aliphatic heterocycles. The lowest BCUT2D eigenvalue weighted by Gasteiger charge is -2.60. The number of hydrogen-bond acceptors (Lipinski definition) is 6. The fourth-order valence-electron chi connectivity index (χ4n) is 7.33. The van der Waals surface area contributed by atoms with Crippen molar-refractivity contribution in [3.8, 4) is 0 Å². The smallest absolute Gasteiger partial charge is 0.218 e. The van der Waals surface area contributed by atoms with Crippen LogP contribution in [-0.4, -0.2) is 50.6 Å². The molecule has 0 bridgehead atoms. The van der Waals surface area contributed by atoms with Crippen LogP contribution >= 0.6 is 0 Å². The molecule has 3 aliphatic rings. The van der Waals surface area contributed by atoms with Gasteiger partial charge in [-0.25, -0.2) is 0 Å². The zero-order valence-corrected chi connectivity index (χ0v) is 19.4. The summed E-state index contributed by atoms with van der Waals surface area (Å²) in [6.07, 6.45) is 5.06. The van der Waals surface area contributed by atoms with Gasteiger partial charge in [0.25, 0.3) is 0 Å². The molecular weight excluding hydrogens is 396 g/mol. The molecule has 6 nitrogen and oxygen atoms in total. The Kier molecular flexibility index (Phi) is 7.46. The molecular formula is C25H42O6. The molecule has 0 amide bonds. The van der Waals surface area contributed by atoms with E-state index in [-0.39, 0.29) is 18.4 Å². The van der Waals surface area contributed by atoms with E-state index in [9.17, 15) is 20.4 Å². The van der Waals surface area contributed by atoms with Crippen LogP contribution in [0.5, 0.6) is 0 Å². The van der Waals surface area contributed by atoms with Gasteiger partial charge in [0.05, 0.1) is 6.10 Å². The third-order valence-electron chi connectivity index (χ3n) is 8.88. The predicted octanol–water partition coefficient (Wildman–Crippen LogP) is 4.36. The van der Waals surface area contributed by atoms with Crippen LogP contribution in [0.3, 0.4) is 0 Å². The quantitative estimate of drug-likeness (QED) is 0.239. The van der Waals surface area contributed by atoms with Crippen LogP contribution in [0.15, 0.2) is 23.7 Å². The first kappa shape index (κ1) is 24.6. The molecule has 4 unspecified atom stereocenters. The molecule has 0 saturated heterocycles. The largest absolute Gasteiger partial charge is 0.506 e. The van der Waals surface area contributed by atoms with Crippen molar-refractivity contribution < 1.29 is 30.3 Å². The predicted molar refractivity (Wildman–Crippen MR) is 119 cm³/mol. The van der Waals surface area contributed by atoms with Gasteiger partial charge in [0.1, 0.15) is 6.10 Å². The van der Waals surface area contributed by atoms with Crippen LogP contribution in [-0.2, 0) is 4.74 Å². The zero-order chi connectivity index (χ0) is 23.0. The molecule has 31 heavy (non-hydrogen) atoms. The zero-order valence-electron chi connectivity index (χ0n) is 19.4. The van der Waals surface area contributed by atoms with Crippen LogP contribution in [0.1, 0.15) is 78.6 Å². The molecule has 6 heteroatoms. The summed E-state index contributed by atoms with van der Waals surface area (Å²) in [6.45, 7) is 11.2. The SMILES string of the molecule is C=C1C[C@@]2(C)CCC3[C@@H](C)CCC[C@@]3(C)[C@@H]2CCC1OC(O)/C(O)=C(\O)C(O)CCO. The van der Waals surface area contributed by atoms with Crippen LogP contribution < -0.4 is 0 Å². The van der Waals surface area contributed by atoms with Gasteiger partial charge in [0.2, 0.25) is 6.29 Å². The molecule has 3 saturated carbocycles. The number of ether oxygens (including phenoxy) is 1. The fraction of sp³-hybridized carbons (Fsp3) is 0.840. The number of aliphatic hydroxyl groups is 5. The van der Waals surface area contributed by atoms with Crippen molar-refractivity contribution in [1.29, 1.82) is 0 Å². The van der Waals surface area contributed by atoms with Crippen LogP contribution in [0.25, 0.3) is 0 Å². The van der Waals surface area contributed by atoms with Gasteiger partial charge in [-0.05, 0) is 72.7 Å². The first-order chi connectivity index (χ1) is 14.5. The van der Waals surface area contributed by atoms with Crippen LogP contribution in [0.4, 0.5) is 0 Å². The van der Waals surface area contributed by atoms with Gasteiger partial charge in [-0.1, -0.05) is 40.2 Å². The van der Waals surface area contributed by atoms with Gasteiger partial charge in [0.15, 0.2) is 11.5 Å². The number of aliphatic hydroxyl groups excluding tert-OH is 5. The molecule has 3 fully saturated rings. The van der Waals surface area contributed by atoms with E-state index in [1.54, 1.807) is 0 Å². The average Bonchev–Trinajstić information content (AvgIpc) is 2.83. The Balaban J connectivity index is 1.76. The van der Waals surface area contributed by atoms with Crippen molar-refractivity contribution in [3.05, 3.63) is 23.7 Å². The fourth-order valence-corrected chi connectivity index (χ4v) is 7.33. The van der Waals surface area contributed by atoms with Crippen LogP contribution in [0, 0.1) is 28.6 Å². The van der Waals surface area contributed by atoms with E-state index in [0.717, 1.165) is 30.3 Å². The minimum Gasteiger partial charge on any atom is -0.506 e. The second-order valence-electron chi connectivity index (χ2n) is 10.9. The molecule has 0 aromatic carbocycles. The highest BCUT2D eigenvalue weighted by Gasteiger charge is 2.56. The molecule has 8 atom stereocenters. The molecule has 178 valence electrons. The van der Waals surface area contributed by atoms with Crippen molar-refractivity contribution in [2.24, 2.45) is 28.6 Å². The Hall–Kier alpha value is -1.08. The van der Waals surface area contributed by atoms with E-state index < -0.39 is 30.0 Å². The van der Waals surface area contributed by atoms with Crippen molar-refractivity contribution >= 4 is 0 Å². The molecule has 0 spiro atoms. The molecule has 0 aromatic rings. The minimum absolute atomic E-state index is 0.142. The van der Waals surface area contributed by atoms with Gasteiger partial charge in [-0.3, -0.25) is 0 Å². The molecule has 5 N–H and O–H groups in total. The monoisotopic (exact) mass is 438 g/mol. The van der Waals surface area contributed by atoms with E-state index in [1.807, 2.05) is 0 Å². The van der Waals surface area contributed by atoms with Gasteiger partial charge < -0.3 is 30.3 Å². The van der Waals surface area contributed by atoms with Gasteiger partial charge >= 0.3 is 0 Å². The first-order valence-corrected chi connectivity index (χ1v) is 12.0. The van der Waals surface area contributed by atoms with E-state index in [1.165, 1.54) is 32.1 Å². The standard InChI is InChI=1S/C25H42O6/c1-15-6-5-11-25(4)17(15)9-12-24(3)14-16(2)19(7-8-20(24)25)31-23(30)22(29)21(28)18(27)10-13-26/h15,17-20,23,26-30H,2,5-14H2,1,3-4H3/b22-21+/t15-,17?,18?,19?,20+,23?,24+,25+/m0/s1. The molecule has 3 rings (SSSR count). The summed E-state index contributed by atoms with van der Waals surface area (Å²) in [5.74, 6) is 0.502. The first-order valence-electron chi connectivity index (χ1n) is 12.0. The van der Waals surface area contributed by atoms with Crippen molar-refractivity contribution in [2.75, 3.05) is 6.61 Å². The lowest BCUT2D eigenvalue weighted by atomic mass is 9.45. The van der Waals surface area contributed by atoms with Gasteiger partial charge in [-0.2, -0.15) is 0 Å². The number of hydrogen-bond donors (Lipinski definition) is 5. The van der Waals surface area contributed by atoms with Gasteiger partial charge in [-0.15, -0.1) is 0 Å². The summed E-state index contributed by atoms with van der Waals surface area (Å²) in [7, 11) is 0. The Labute approximate surface area is 186 Å². The van der Waals surface area contributed by atoms with E-state index in [0.29, 0.717) is 17.8 Å². The normalized spacial score (nSPS) is 41.4. The van der Waals surface area contributed by atoms with Gasteiger partial charge in [0, 0.05) is 13.0 Å². The molecule has 0 radical (unpaired) electrons. The Bertz CT molecular complexity index is 689. The van der Waals surface area contributed by atoms with Crippen molar-refractivity contribution in [3.63, 3.8) is 0 Å². The third-order valence-corrected chi connectivity index (χ3v) is 8.88. The number of fused-ring (bicyclic) bond motifs is 3. The molecule has 0 heterocycles. The van der Waals surface area contributed by atoms with E-state index in [4.69, 9.17) is 9.84 Å². The summed E-state index contributed by atoms with van der Waals surface area (Å²) in [5, 5.41) is 49.1. The van der Waals surface area contributed by atoms with Crippen molar-refractivity contribution in [2.45, 2.75) is 97.1 Å². The topological polar surface area (TPSA) is 110 Å². The highest BCUT2D eigenvalue weighted by atomic mass is 16.6. The lowest BCUT2D eigenvalue weighted by Crippen LogP contribution is -2.51. The minimum atomic E-state index is -1.75. The summed E-state index contributed by atoms with van der Waals surface area (Å²) in [5.41, 5.74) is 1.38. The lowest BCUT2D eigenvalue weighted by molar-refractivity contribution is -0.127. The van der Waals surface area contributed by atoms with E-state index in [2.05, 4.69) is 27.4 Å². The maximum absolute atomic E-state index is 10.4. The Morgan fingerprint density at radius 3 is 2.48 bits per heavy atom. The number of rotatable bonds is 6. The average molecular weight is 439 g/mol. The Morgan fingerprint density at radius 2 is 1.81 bits per heavy atom. The summed E-state index contributed by atoms with van der Waals surface area (Å²) >= 11 is 0. The maximum Gasteiger partial charge on any atom is 0.218 e. The molecule has 0 aromatic heterocycles. The summed E-state index contributed by atoms with van der Waals surface area (Å²) in [6, 6.07) is 0. The van der Waals surface area contributed by atoms with Crippen molar-refractivity contribution in [1.82, 2.24) is 0 Å². The van der Waals surface area contributed by atoms with E-state index >= 15 is 0 Å². The van der Waals surface area contributed by atoms with Crippen LogP contribution in [0.2, 0.25) is 0 Å². The maximum atomic E-state index is 10.4.